The number of hydrogen-bond donors (Lipinski definition) is 2. The fourth-order valence-electron chi connectivity index (χ4n) is 2.89. The predicted molar refractivity (Wildman–Crippen MR) is 102 cm³/mol. The van der Waals surface area contributed by atoms with Gasteiger partial charge in [-0.1, -0.05) is 39.0 Å². The molecule has 2 rings (SSSR count). The molecule has 1 aliphatic carbocycles. The molecule has 0 spiro atoms. The third kappa shape index (κ3) is 6.48. The molecular formula is C19H28N2O2S. The average molecular weight is 349 g/mol. The first kappa shape index (κ1) is 18.7. The van der Waals surface area contributed by atoms with Crippen LogP contribution in [0.1, 0.15) is 68.6 Å². The third-order valence-electron chi connectivity index (χ3n) is 4.30. The van der Waals surface area contributed by atoms with E-state index in [4.69, 9.17) is 17.0 Å². The number of benzene rings is 1. The van der Waals surface area contributed by atoms with Crippen LogP contribution in [0.15, 0.2) is 24.3 Å². The summed E-state index contributed by atoms with van der Waals surface area (Å²) in [6.07, 6.45) is 9.41. The average Bonchev–Trinajstić information content (AvgIpc) is 2.60. The van der Waals surface area contributed by atoms with Crippen molar-refractivity contribution in [3.8, 4) is 5.75 Å². The Kier molecular flexibility index (Phi) is 8.02. The van der Waals surface area contributed by atoms with Gasteiger partial charge in [-0.05, 0) is 55.7 Å². The number of hydrogen-bond acceptors (Lipinski definition) is 3. The first-order chi connectivity index (χ1) is 11.7. The van der Waals surface area contributed by atoms with Crippen molar-refractivity contribution in [2.75, 3.05) is 6.61 Å². The third-order valence-corrected chi connectivity index (χ3v) is 4.52. The van der Waals surface area contributed by atoms with E-state index in [-0.39, 0.29) is 5.91 Å². The largest absolute Gasteiger partial charge is 0.494 e. The topological polar surface area (TPSA) is 50.4 Å². The number of nitrogens with one attached hydrogen (secondary N) is 2. The molecule has 1 amide bonds. The molecule has 0 saturated heterocycles. The van der Waals surface area contributed by atoms with E-state index in [1.165, 1.54) is 32.1 Å². The zero-order valence-corrected chi connectivity index (χ0v) is 15.3. The Morgan fingerprint density at radius 1 is 1.17 bits per heavy atom. The van der Waals surface area contributed by atoms with Crippen LogP contribution in [-0.4, -0.2) is 23.7 Å². The lowest BCUT2D eigenvalue weighted by atomic mass is 9.96. The minimum atomic E-state index is -0.180. The quantitative estimate of drug-likeness (QED) is 0.573. The van der Waals surface area contributed by atoms with Crippen molar-refractivity contribution in [2.45, 2.75) is 64.3 Å². The van der Waals surface area contributed by atoms with Crippen LogP contribution < -0.4 is 15.4 Å². The summed E-state index contributed by atoms with van der Waals surface area (Å²) in [5, 5.41) is 6.43. The summed E-state index contributed by atoms with van der Waals surface area (Å²) in [7, 11) is 0. The molecule has 1 aromatic rings. The van der Waals surface area contributed by atoms with E-state index in [2.05, 4.69) is 17.6 Å². The predicted octanol–water partition coefficient (Wildman–Crippen LogP) is 4.19. The van der Waals surface area contributed by atoms with Crippen molar-refractivity contribution in [3.63, 3.8) is 0 Å². The van der Waals surface area contributed by atoms with Crippen LogP contribution in [0.5, 0.6) is 5.75 Å². The number of amides is 1. The van der Waals surface area contributed by atoms with E-state index in [1.807, 2.05) is 12.1 Å². The standard InChI is InChI=1S/C19H28N2O2S/c1-2-3-7-14-23-17-12-10-15(11-13-17)18(22)21-19(24)20-16-8-5-4-6-9-16/h10-13,16H,2-9,14H2,1H3,(H2,20,21,22,24). The molecule has 0 bridgehead atoms. The highest BCUT2D eigenvalue weighted by Crippen LogP contribution is 2.17. The summed E-state index contributed by atoms with van der Waals surface area (Å²) in [4.78, 5) is 12.2. The lowest BCUT2D eigenvalue weighted by Gasteiger charge is -2.24. The first-order valence-electron chi connectivity index (χ1n) is 9.03. The lowest BCUT2D eigenvalue weighted by Crippen LogP contribution is -2.44. The number of carbonyl (C=O) groups excluding carboxylic acids is 1. The second-order valence-electron chi connectivity index (χ2n) is 6.34. The van der Waals surface area contributed by atoms with Crippen LogP contribution in [0.4, 0.5) is 0 Å². The second kappa shape index (κ2) is 10.3. The fourth-order valence-corrected chi connectivity index (χ4v) is 3.15. The van der Waals surface area contributed by atoms with Crippen molar-refractivity contribution in [3.05, 3.63) is 29.8 Å². The van der Waals surface area contributed by atoms with Crippen molar-refractivity contribution < 1.29 is 9.53 Å². The highest BCUT2D eigenvalue weighted by atomic mass is 32.1. The summed E-state index contributed by atoms with van der Waals surface area (Å²) in [6, 6.07) is 7.60. The highest BCUT2D eigenvalue weighted by molar-refractivity contribution is 7.80. The minimum Gasteiger partial charge on any atom is -0.494 e. The van der Waals surface area contributed by atoms with Gasteiger partial charge in [0.15, 0.2) is 5.11 Å². The molecule has 1 aliphatic rings. The Morgan fingerprint density at radius 2 is 1.88 bits per heavy atom. The van der Waals surface area contributed by atoms with Gasteiger partial charge in [-0.15, -0.1) is 0 Å². The molecule has 4 nitrogen and oxygen atoms in total. The van der Waals surface area contributed by atoms with Crippen LogP contribution in [0.2, 0.25) is 0 Å². The number of rotatable bonds is 7. The molecule has 0 aliphatic heterocycles. The van der Waals surface area contributed by atoms with Gasteiger partial charge < -0.3 is 10.1 Å². The van der Waals surface area contributed by atoms with Crippen molar-refractivity contribution in [1.29, 1.82) is 0 Å². The molecule has 1 aromatic carbocycles. The number of ether oxygens (including phenoxy) is 1. The summed E-state index contributed by atoms with van der Waals surface area (Å²) in [5.74, 6) is 0.617. The van der Waals surface area contributed by atoms with E-state index in [0.717, 1.165) is 31.6 Å². The smallest absolute Gasteiger partial charge is 0.257 e. The van der Waals surface area contributed by atoms with Crippen LogP contribution in [0, 0.1) is 0 Å². The van der Waals surface area contributed by atoms with Gasteiger partial charge in [-0.2, -0.15) is 0 Å². The van der Waals surface area contributed by atoms with Crippen LogP contribution >= 0.6 is 12.2 Å². The van der Waals surface area contributed by atoms with Crippen molar-refractivity contribution >= 4 is 23.2 Å². The maximum atomic E-state index is 12.2. The van der Waals surface area contributed by atoms with E-state index in [9.17, 15) is 4.79 Å². The number of carbonyl (C=O) groups is 1. The Hall–Kier alpha value is -1.62. The number of thiocarbonyl (C=S) groups is 1. The van der Waals surface area contributed by atoms with Crippen LogP contribution in [0.3, 0.4) is 0 Å². The van der Waals surface area contributed by atoms with E-state index in [1.54, 1.807) is 12.1 Å². The first-order valence-corrected chi connectivity index (χ1v) is 9.44. The van der Waals surface area contributed by atoms with Gasteiger partial charge in [0.25, 0.3) is 5.91 Å². The molecular weight excluding hydrogens is 320 g/mol. The van der Waals surface area contributed by atoms with Crippen LogP contribution in [-0.2, 0) is 0 Å². The molecule has 1 saturated carbocycles. The highest BCUT2D eigenvalue weighted by Gasteiger charge is 2.15. The zero-order chi connectivity index (χ0) is 17.2. The Labute approximate surface area is 150 Å². The summed E-state index contributed by atoms with van der Waals surface area (Å²) in [5.41, 5.74) is 0.587. The molecule has 0 unspecified atom stereocenters. The maximum absolute atomic E-state index is 12.2. The van der Waals surface area contributed by atoms with Gasteiger partial charge in [-0.25, -0.2) is 0 Å². The van der Waals surface area contributed by atoms with E-state index in [0.29, 0.717) is 16.7 Å². The Morgan fingerprint density at radius 3 is 2.54 bits per heavy atom. The fraction of sp³-hybridized carbons (Fsp3) is 0.579. The summed E-state index contributed by atoms with van der Waals surface area (Å²) in [6.45, 7) is 2.88. The lowest BCUT2D eigenvalue weighted by molar-refractivity contribution is 0.0976. The van der Waals surface area contributed by atoms with Gasteiger partial charge in [0.05, 0.1) is 6.61 Å². The van der Waals surface area contributed by atoms with Gasteiger partial charge in [0, 0.05) is 11.6 Å². The summed E-state index contributed by atoms with van der Waals surface area (Å²) >= 11 is 5.25. The van der Waals surface area contributed by atoms with Crippen molar-refractivity contribution in [1.82, 2.24) is 10.6 Å². The zero-order valence-electron chi connectivity index (χ0n) is 14.5. The van der Waals surface area contributed by atoms with E-state index < -0.39 is 0 Å². The monoisotopic (exact) mass is 348 g/mol. The Balaban J connectivity index is 1.75. The normalized spacial score (nSPS) is 14.9. The van der Waals surface area contributed by atoms with Gasteiger partial charge in [0.1, 0.15) is 5.75 Å². The molecule has 0 aromatic heterocycles. The van der Waals surface area contributed by atoms with Crippen molar-refractivity contribution in [2.24, 2.45) is 0 Å². The summed E-state index contributed by atoms with van der Waals surface area (Å²) < 4.78 is 5.65. The molecule has 1 fully saturated rings. The maximum Gasteiger partial charge on any atom is 0.257 e. The molecule has 0 atom stereocenters. The second-order valence-corrected chi connectivity index (χ2v) is 6.75. The molecule has 0 heterocycles. The Bertz CT molecular complexity index is 525. The molecule has 132 valence electrons. The minimum absolute atomic E-state index is 0.180. The van der Waals surface area contributed by atoms with Gasteiger partial charge in [0.2, 0.25) is 0 Å². The number of unbranched alkanes of at least 4 members (excludes halogenated alkanes) is 2. The molecule has 0 radical (unpaired) electrons. The van der Waals surface area contributed by atoms with Gasteiger partial charge in [-0.3, -0.25) is 10.1 Å². The SMILES string of the molecule is CCCCCOc1ccc(C(=O)NC(=S)NC2CCCCC2)cc1. The van der Waals surface area contributed by atoms with Gasteiger partial charge >= 0.3 is 0 Å². The van der Waals surface area contributed by atoms with E-state index >= 15 is 0 Å². The molecule has 2 N–H and O–H groups in total. The molecule has 24 heavy (non-hydrogen) atoms. The van der Waals surface area contributed by atoms with Crippen LogP contribution in [0.25, 0.3) is 0 Å². The molecule has 5 heteroatoms.